The van der Waals surface area contributed by atoms with Crippen molar-refractivity contribution in [3.8, 4) is 0 Å². The topological polar surface area (TPSA) is 22.1 Å². The molecule has 0 spiro atoms. The van der Waals surface area contributed by atoms with Gasteiger partial charge in [-0.3, -0.25) is 4.98 Å². The van der Waals surface area contributed by atoms with Gasteiger partial charge in [0.1, 0.15) is 6.10 Å². The summed E-state index contributed by atoms with van der Waals surface area (Å²) in [5.41, 5.74) is 4.23. The van der Waals surface area contributed by atoms with Gasteiger partial charge >= 0.3 is 0 Å². The van der Waals surface area contributed by atoms with Gasteiger partial charge in [0.05, 0.1) is 6.61 Å². The predicted molar refractivity (Wildman–Crippen MR) is 65.9 cm³/mol. The Labute approximate surface area is 105 Å². The highest BCUT2D eigenvalue weighted by molar-refractivity contribution is 6.30. The Hall–Kier alpha value is -1.38. The number of ether oxygens (including phenoxy) is 1. The molecule has 0 unspecified atom stereocenters. The molecule has 1 radical (unpaired) electrons. The Balaban J connectivity index is 2.01. The maximum atomic E-state index is 5.88. The number of hydrogen-bond donors (Lipinski definition) is 0. The summed E-state index contributed by atoms with van der Waals surface area (Å²) in [6.07, 6.45) is 1.85. The zero-order valence-corrected chi connectivity index (χ0v) is 10.2. The monoisotopic (exact) mass is 244 g/mol. The van der Waals surface area contributed by atoms with Crippen LogP contribution < -0.4 is 0 Å². The molecule has 0 amide bonds. The van der Waals surface area contributed by atoms with Crippen molar-refractivity contribution in [3.63, 3.8) is 0 Å². The van der Waals surface area contributed by atoms with E-state index in [1.807, 2.05) is 37.4 Å². The van der Waals surface area contributed by atoms with Gasteiger partial charge in [0.15, 0.2) is 0 Å². The number of fused-ring (bicyclic) bond motifs is 1. The second kappa shape index (κ2) is 4.13. The van der Waals surface area contributed by atoms with Crippen molar-refractivity contribution in [2.45, 2.75) is 19.6 Å². The molecule has 1 atom stereocenters. The molecule has 3 heteroatoms. The summed E-state index contributed by atoms with van der Waals surface area (Å²) < 4.78 is 5.79. The molecule has 2 aromatic rings. The Morgan fingerprint density at radius 3 is 2.88 bits per heavy atom. The first-order valence-electron chi connectivity index (χ1n) is 5.49. The van der Waals surface area contributed by atoms with Crippen molar-refractivity contribution < 1.29 is 4.74 Å². The summed E-state index contributed by atoms with van der Waals surface area (Å²) in [7, 11) is 0. The highest BCUT2D eigenvalue weighted by atomic mass is 35.5. The first-order valence-corrected chi connectivity index (χ1v) is 5.86. The quantitative estimate of drug-likeness (QED) is 0.766. The van der Waals surface area contributed by atoms with Crippen LogP contribution in [0.5, 0.6) is 0 Å². The van der Waals surface area contributed by atoms with E-state index in [4.69, 9.17) is 16.3 Å². The maximum Gasteiger partial charge on any atom is 0.110 e. The van der Waals surface area contributed by atoms with Gasteiger partial charge in [0.25, 0.3) is 0 Å². The average molecular weight is 245 g/mol. The smallest absolute Gasteiger partial charge is 0.110 e. The minimum atomic E-state index is -0.0355. The fourth-order valence-electron chi connectivity index (χ4n) is 2.08. The van der Waals surface area contributed by atoms with E-state index in [0.29, 0.717) is 6.61 Å². The van der Waals surface area contributed by atoms with E-state index >= 15 is 0 Å². The molecule has 0 fully saturated rings. The molecular formula is C14H11ClNO. The summed E-state index contributed by atoms with van der Waals surface area (Å²) in [5, 5.41) is 0.737. The van der Waals surface area contributed by atoms with E-state index in [1.54, 1.807) is 0 Å². The van der Waals surface area contributed by atoms with Crippen molar-refractivity contribution in [3.05, 3.63) is 63.9 Å². The third-order valence-electron chi connectivity index (χ3n) is 2.93. The number of nitrogens with zero attached hydrogens (tertiary/aromatic N) is 1. The summed E-state index contributed by atoms with van der Waals surface area (Å²) in [6.45, 7) is 2.54. The number of pyridine rings is 1. The zero-order valence-electron chi connectivity index (χ0n) is 9.40. The van der Waals surface area contributed by atoms with Crippen LogP contribution in [0.4, 0.5) is 0 Å². The number of halogens is 1. The summed E-state index contributed by atoms with van der Waals surface area (Å²) in [6, 6.07) is 11.0. The number of rotatable bonds is 1. The number of benzene rings is 1. The molecule has 0 saturated carbocycles. The molecule has 0 saturated heterocycles. The van der Waals surface area contributed by atoms with E-state index in [9.17, 15) is 0 Å². The molecule has 2 heterocycles. The van der Waals surface area contributed by atoms with Crippen LogP contribution >= 0.6 is 11.6 Å². The van der Waals surface area contributed by atoms with Crippen molar-refractivity contribution in [1.29, 1.82) is 0 Å². The van der Waals surface area contributed by atoms with Gasteiger partial charge in [-0.25, -0.2) is 0 Å². The summed E-state index contributed by atoms with van der Waals surface area (Å²) in [4.78, 5) is 4.28. The maximum absolute atomic E-state index is 5.88. The molecular weight excluding hydrogens is 234 g/mol. The lowest BCUT2D eigenvalue weighted by Crippen LogP contribution is -1.98. The minimum Gasteiger partial charge on any atom is -0.364 e. The largest absolute Gasteiger partial charge is 0.364 e. The Morgan fingerprint density at radius 1 is 1.35 bits per heavy atom. The summed E-state index contributed by atoms with van der Waals surface area (Å²) >= 11 is 5.88. The lowest BCUT2D eigenvalue weighted by molar-refractivity contribution is 0.0938. The van der Waals surface area contributed by atoms with Crippen LogP contribution in [0.3, 0.4) is 0 Å². The molecule has 0 bridgehead atoms. The number of aromatic nitrogens is 1. The molecule has 1 aromatic carbocycles. The van der Waals surface area contributed by atoms with E-state index in [2.05, 4.69) is 11.1 Å². The Kier molecular flexibility index (Phi) is 2.61. The Bertz CT molecular complexity index is 551. The molecule has 2 nitrogen and oxygen atoms in total. The highest BCUT2D eigenvalue weighted by Gasteiger charge is 2.25. The van der Waals surface area contributed by atoms with Crippen LogP contribution in [0, 0.1) is 13.0 Å². The van der Waals surface area contributed by atoms with Crippen LogP contribution in [0.2, 0.25) is 5.02 Å². The van der Waals surface area contributed by atoms with E-state index in [0.717, 1.165) is 27.4 Å². The Morgan fingerprint density at radius 2 is 2.12 bits per heavy atom. The normalized spacial score (nSPS) is 18.1. The average Bonchev–Trinajstić information content (AvgIpc) is 2.73. The van der Waals surface area contributed by atoms with Crippen molar-refractivity contribution in [2.24, 2.45) is 0 Å². The first kappa shape index (κ1) is 10.8. The van der Waals surface area contributed by atoms with Crippen LogP contribution in [-0.4, -0.2) is 4.98 Å². The zero-order chi connectivity index (χ0) is 11.8. The van der Waals surface area contributed by atoms with Gasteiger partial charge in [-0.15, -0.1) is 0 Å². The third-order valence-corrected chi connectivity index (χ3v) is 3.18. The first-order chi connectivity index (χ1) is 8.24. The van der Waals surface area contributed by atoms with Crippen LogP contribution in [0.1, 0.15) is 28.5 Å². The van der Waals surface area contributed by atoms with E-state index in [1.165, 1.54) is 0 Å². The standard InChI is InChI=1S/C14H11ClNO/c1-9-6-11-8-17-14(13(11)7-16-9)10-2-4-12(15)5-3-10/h2-5,7,14H,8H2,1H3/t14-/m0/s1. The minimum absolute atomic E-state index is 0.0355. The molecule has 85 valence electrons. The third kappa shape index (κ3) is 1.94. The van der Waals surface area contributed by atoms with Crippen LogP contribution in [0.15, 0.2) is 30.5 Å². The molecule has 1 aliphatic heterocycles. The van der Waals surface area contributed by atoms with Gasteiger partial charge in [-0.1, -0.05) is 23.7 Å². The molecule has 1 aliphatic rings. The molecule has 1 aromatic heterocycles. The van der Waals surface area contributed by atoms with E-state index in [-0.39, 0.29) is 6.10 Å². The van der Waals surface area contributed by atoms with Crippen molar-refractivity contribution in [1.82, 2.24) is 4.98 Å². The second-order valence-electron chi connectivity index (χ2n) is 4.15. The lowest BCUT2D eigenvalue weighted by Gasteiger charge is -2.11. The summed E-state index contributed by atoms with van der Waals surface area (Å²) in [5.74, 6) is 0. The van der Waals surface area contributed by atoms with Crippen molar-refractivity contribution >= 4 is 11.6 Å². The van der Waals surface area contributed by atoms with E-state index < -0.39 is 0 Å². The fraction of sp³-hybridized carbons (Fsp3) is 0.214. The van der Waals surface area contributed by atoms with Crippen LogP contribution in [0.25, 0.3) is 0 Å². The van der Waals surface area contributed by atoms with Gasteiger partial charge < -0.3 is 4.74 Å². The second-order valence-corrected chi connectivity index (χ2v) is 4.58. The SMILES string of the molecule is Cc1[c]c2c(cn1)[C@H](c1ccc(Cl)cc1)OC2. The van der Waals surface area contributed by atoms with Gasteiger partial charge in [0, 0.05) is 28.5 Å². The van der Waals surface area contributed by atoms with Gasteiger partial charge in [-0.05, 0) is 30.2 Å². The number of hydrogen-bond acceptors (Lipinski definition) is 2. The molecule has 3 rings (SSSR count). The lowest BCUT2D eigenvalue weighted by atomic mass is 10.0. The highest BCUT2D eigenvalue weighted by Crippen LogP contribution is 2.35. The van der Waals surface area contributed by atoms with Crippen LogP contribution in [-0.2, 0) is 11.3 Å². The van der Waals surface area contributed by atoms with Gasteiger partial charge in [0.2, 0.25) is 0 Å². The molecule has 0 aliphatic carbocycles. The predicted octanol–water partition coefficient (Wildman–Crippen LogP) is 3.46. The van der Waals surface area contributed by atoms with Crippen molar-refractivity contribution in [2.75, 3.05) is 0 Å². The fourth-order valence-corrected chi connectivity index (χ4v) is 2.21. The molecule has 0 N–H and O–H groups in total. The van der Waals surface area contributed by atoms with Gasteiger partial charge in [-0.2, -0.15) is 0 Å². The molecule has 17 heavy (non-hydrogen) atoms. The number of aryl methyl sites for hydroxylation is 1.